The van der Waals surface area contributed by atoms with Gasteiger partial charge in [0.2, 0.25) is 5.91 Å². The fourth-order valence-corrected chi connectivity index (χ4v) is 5.59. The standard InChI is InChI=1S/C16H19N3O4S.Na/c1-7-12-11(8(2)20)15(21)19(12)13(16(22)23)14(7)24-9-5-10-17-3-4-18(10)6-9;/h3-4,7-9,11-12,20H,5-6H2,1-2H3,(H,22,23);/q;+1/p-1/t7-,8-,9+,11-,12-;/m1./s1. The van der Waals surface area contributed by atoms with E-state index in [1.807, 2.05) is 13.1 Å². The molecule has 0 radical (unpaired) electrons. The average Bonchev–Trinajstić information content (AvgIpc) is 3.12. The van der Waals surface area contributed by atoms with Crippen molar-refractivity contribution < 1.29 is 49.4 Å². The molecule has 7 nitrogen and oxygen atoms in total. The number of β-lactam (4-membered cyclic amide) rings is 1. The maximum absolute atomic E-state index is 12.3. The molecule has 128 valence electrons. The number of amides is 1. The van der Waals surface area contributed by atoms with Gasteiger partial charge in [0.15, 0.2) is 0 Å². The van der Waals surface area contributed by atoms with Gasteiger partial charge in [0.05, 0.1) is 29.7 Å². The van der Waals surface area contributed by atoms with E-state index in [4.69, 9.17) is 0 Å². The summed E-state index contributed by atoms with van der Waals surface area (Å²) in [4.78, 5) is 30.2. The minimum absolute atomic E-state index is 0. The minimum Gasteiger partial charge on any atom is -0.543 e. The van der Waals surface area contributed by atoms with Crippen LogP contribution in [0.5, 0.6) is 0 Å². The Bertz CT molecular complexity index is 742. The number of aliphatic carboxylic acids is 1. The van der Waals surface area contributed by atoms with E-state index in [0.717, 1.165) is 18.8 Å². The summed E-state index contributed by atoms with van der Waals surface area (Å²) >= 11 is 1.51. The summed E-state index contributed by atoms with van der Waals surface area (Å²) in [6.07, 6.45) is 3.66. The number of imidazole rings is 1. The SMILES string of the molecule is C[C@@H](O)[C@H]1C(=O)N2C(C(=O)[O-])=C(S[C@H]3Cc4nccn4C3)[C@H](C)[C@H]12.[Na+]. The van der Waals surface area contributed by atoms with Gasteiger partial charge in [-0.3, -0.25) is 4.79 Å². The van der Waals surface area contributed by atoms with Crippen molar-refractivity contribution in [3.63, 3.8) is 0 Å². The number of aliphatic hydroxyl groups excluding tert-OH is 1. The summed E-state index contributed by atoms with van der Waals surface area (Å²) in [6.45, 7) is 4.27. The Morgan fingerprint density at radius 2 is 2.24 bits per heavy atom. The number of hydrogen-bond acceptors (Lipinski definition) is 6. The van der Waals surface area contributed by atoms with E-state index in [1.165, 1.54) is 16.7 Å². The zero-order valence-electron chi connectivity index (χ0n) is 14.4. The third kappa shape index (κ3) is 2.78. The molecule has 0 spiro atoms. The second-order valence-electron chi connectivity index (χ2n) is 6.69. The molecule has 0 bridgehead atoms. The van der Waals surface area contributed by atoms with Crippen LogP contribution in [0.15, 0.2) is 23.0 Å². The number of aliphatic hydroxyl groups is 1. The van der Waals surface area contributed by atoms with Crippen molar-refractivity contribution in [2.75, 3.05) is 0 Å². The Morgan fingerprint density at radius 1 is 1.52 bits per heavy atom. The number of thioether (sulfide) groups is 1. The molecule has 0 unspecified atom stereocenters. The number of nitrogens with zero attached hydrogens (tertiary/aromatic N) is 3. The van der Waals surface area contributed by atoms with E-state index < -0.39 is 18.0 Å². The van der Waals surface area contributed by atoms with Gasteiger partial charge in [-0.1, -0.05) is 6.92 Å². The Balaban J connectivity index is 0.00000182. The molecule has 0 aliphatic carbocycles. The summed E-state index contributed by atoms with van der Waals surface area (Å²) in [5.74, 6) is -1.30. The van der Waals surface area contributed by atoms with Crippen LogP contribution in [0.3, 0.4) is 0 Å². The van der Waals surface area contributed by atoms with Crippen LogP contribution in [0, 0.1) is 11.8 Å². The molecule has 1 saturated heterocycles. The van der Waals surface area contributed by atoms with Crippen molar-refractivity contribution in [1.82, 2.24) is 14.5 Å². The van der Waals surface area contributed by atoms with Crippen LogP contribution < -0.4 is 34.7 Å². The molecule has 1 aromatic rings. The van der Waals surface area contributed by atoms with Crippen LogP contribution in [0.25, 0.3) is 0 Å². The van der Waals surface area contributed by atoms with E-state index >= 15 is 0 Å². The molecule has 3 aliphatic rings. The van der Waals surface area contributed by atoms with E-state index in [1.54, 1.807) is 13.1 Å². The summed E-state index contributed by atoms with van der Waals surface area (Å²) in [6, 6.07) is -0.286. The fourth-order valence-electron chi connectivity index (χ4n) is 4.11. The van der Waals surface area contributed by atoms with Gasteiger partial charge in [-0.2, -0.15) is 0 Å². The number of carboxylic acids is 1. The quantitative estimate of drug-likeness (QED) is 0.433. The van der Waals surface area contributed by atoms with Gasteiger partial charge < -0.3 is 24.5 Å². The normalized spacial score (nSPS) is 31.3. The fraction of sp³-hybridized carbons (Fsp3) is 0.562. The van der Waals surface area contributed by atoms with Gasteiger partial charge >= 0.3 is 29.6 Å². The number of aromatic nitrogens is 2. The minimum atomic E-state index is -1.32. The van der Waals surface area contributed by atoms with Crippen LogP contribution in [-0.4, -0.2) is 48.8 Å². The van der Waals surface area contributed by atoms with E-state index in [-0.39, 0.29) is 58.4 Å². The Hall–Kier alpha value is -0.800. The maximum atomic E-state index is 12.3. The van der Waals surface area contributed by atoms with Crippen molar-refractivity contribution in [1.29, 1.82) is 0 Å². The maximum Gasteiger partial charge on any atom is 1.00 e. The van der Waals surface area contributed by atoms with E-state index in [9.17, 15) is 19.8 Å². The predicted octanol–water partition coefficient (Wildman–Crippen LogP) is -3.64. The van der Waals surface area contributed by atoms with Gasteiger partial charge in [0.1, 0.15) is 5.82 Å². The molecule has 1 fully saturated rings. The molecule has 9 heteroatoms. The third-order valence-corrected chi connectivity index (χ3v) is 6.68. The van der Waals surface area contributed by atoms with Crippen molar-refractivity contribution >= 4 is 23.6 Å². The van der Waals surface area contributed by atoms with E-state index in [0.29, 0.717) is 4.91 Å². The topological polar surface area (TPSA) is 98.5 Å². The summed E-state index contributed by atoms with van der Waals surface area (Å²) < 4.78 is 2.06. The monoisotopic (exact) mass is 371 g/mol. The first-order valence-corrected chi connectivity index (χ1v) is 8.91. The van der Waals surface area contributed by atoms with Gasteiger partial charge in [-0.05, 0) is 6.92 Å². The van der Waals surface area contributed by atoms with Gasteiger partial charge in [-0.25, -0.2) is 4.98 Å². The molecule has 25 heavy (non-hydrogen) atoms. The zero-order chi connectivity index (χ0) is 17.2. The summed E-state index contributed by atoms with van der Waals surface area (Å²) in [5.41, 5.74) is -0.0102. The first-order chi connectivity index (χ1) is 11.4. The second kappa shape index (κ2) is 6.74. The van der Waals surface area contributed by atoms with Gasteiger partial charge in [0, 0.05) is 41.4 Å². The largest absolute Gasteiger partial charge is 1.00 e. The van der Waals surface area contributed by atoms with Crippen LogP contribution in [0.4, 0.5) is 0 Å². The number of rotatable bonds is 4. The molecule has 4 heterocycles. The van der Waals surface area contributed by atoms with Crippen LogP contribution in [0.2, 0.25) is 0 Å². The number of carbonyl (C=O) groups excluding carboxylic acids is 2. The second-order valence-corrected chi connectivity index (χ2v) is 8.04. The molecule has 4 rings (SSSR count). The Labute approximate surface area is 171 Å². The first kappa shape index (κ1) is 19.0. The smallest absolute Gasteiger partial charge is 0.543 e. The summed E-state index contributed by atoms with van der Waals surface area (Å²) in [5, 5.41) is 21.7. The Morgan fingerprint density at radius 3 is 2.84 bits per heavy atom. The molecule has 0 aromatic carbocycles. The summed E-state index contributed by atoms with van der Waals surface area (Å²) in [7, 11) is 0. The molecule has 0 saturated carbocycles. The molecular weight excluding hydrogens is 353 g/mol. The van der Waals surface area contributed by atoms with Gasteiger partial charge in [0.25, 0.3) is 0 Å². The number of fused-ring (bicyclic) bond motifs is 2. The van der Waals surface area contributed by atoms with Crippen molar-refractivity contribution in [3.05, 3.63) is 28.8 Å². The Kier molecular flexibility index (Phi) is 5.11. The molecule has 1 aromatic heterocycles. The number of hydrogen-bond donors (Lipinski definition) is 1. The van der Waals surface area contributed by atoms with Gasteiger partial charge in [-0.15, -0.1) is 11.8 Å². The molecular formula is C16H18N3NaO4S. The van der Waals surface area contributed by atoms with Crippen molar-refractivity contribution in [2.45, 2.75) is 44.2 Å². The zero-order valence-corrected chi connectivity index (χ0v) is 17.2. The van der Waals surface area contributed by atoms with E-state index in [2.05, 4.69) is 9.55 Å². The van der Waals surface area contributed by atoms with Crippen LogP contribution in [0.1, 0.15) is 19.7 Å². The molecule has 3 aliphatic heterocycles. The molecule has 1 amide bonds. The number of carbonyl (C=O) groups is 2. The first-order valence-electron chi connectivity index (χ1n) is 8.03. The third-order valence-electron chi connectivity index (χ3n) is 5.21. The molecule has 1 N–H and O–H groups in total. The van der Waals surface area contributed by atoms with Crippen molar-refractivity contribution in [3.8, 4) is 0 Å². The number of carboxylic acid groups (broad SMARTS) is 1. The van der Waals surface area contributed by atoms with Crippen molar-refractivity contribution in [2.24, 2.45) is 11.8 Å². The van der Waals surface area contributed by atoms with Crippen LogP contribution in [-0.2, 0) is 22.6 Å². The van der Waals surface area contributed by atoms with Crippen LogP contribution >= 0.6 is 11.8 Å². The molecule has 5 atom stereocenters. The average molecular weight is 371 g/mol. The predicted molar refractivity (Wildman–Crippen MR) is 84.3 cm³/mol.